The first-order chi connectivity index (χ1) is 12.5. The molecule has 26 heavy (non-hydrogen) atoms. The van der Waals surface area contributed by atoms with Gasteiger partial charge in [-0.15, -0.1) is 11.3 Å². The number of alkyl halides is 2. The Morgan fingerprint density at radius 3 is 2.65 bits per heavy atom. The maximum Gasteiger partial charge on any atom is 0.387 e. The first-order valence-electron chi connectivity index (χ1n) is 7.61. The average Bonchev–Trinajstić information content (AvgIpc) is 3.22. The van der Waals surface area contributed by atoms with Gasteiger partial charge >= 0.3 is 6.61 Å². The molecule has 1 aliphatic heterocycles. The smallest absolute Gasteiger partial charge is 0.387 e. The molecule has 3 rings (SSSR count). The SMILES string of the molecule is CN=C(NCc1ccc(Br)s1)NCc1cc2c(cc1OC(F)F)OCO2. The van der Waals surface area contributed by atoms with Crippen LogP contribution in [0.5, 0.6) is 17.2 Å². The Kier molecular flexibility index (Phi) is 6.15. The van der Waals surface area contributed by atoms with Crippen LogP contribution in [0.4, 0.5) is 8.78 Å². The van der Waals surface area contributed by atoms with Crippen LogP contribution in [0.15, 0.2) is 33.0 Å². The minimum absolute atomic E-state index is 0.0365. The number of hydrogen-bond acceptors (Lipinski definition) is 5. The van der Waals surface area contributed by atoms with Crippen LogP contribution in [0, 0.1) is 0 Å². The molecule has 0 unspecified atom stereocenters. The zero-order valence-corrected chi connectivity index (χ0v) is 16.1. The molecule has 0 spiro atoms. The number of ether oxygens (including phenoxy) is 3. The van der Waals surface area contributed by atoms with E-state index in [1.54, 1.807) is 24.5 Å². The predicted molar refractivity (Wildman–Crippen MR) is 98.3 cm³/mol. The van der Waals surface area contributed by atoms with E-state index in [2.05, 4.69) is 36.3 Å². The van der Waals surface area contributed by atoms with Crippen LogP contribution < -0.4 is 24.8 Å². The average molecular weight is 448 g/mol. The van der Waals surface area contributed by atoms with Gasteiger partial charge in [-0.1, -0.05) is 0 Å². The molecule has 0 saturated carbocycles. The van der Waals surface area contributed by atoms with Crippen molar-refractivity contribution in [2.45, 2.75) is 19.7 Å². The first-order valence-corrected chi connectivity index (χ1v) is 9.22. The van der Waals surface area contributed by atoms with Gasteiger partial charge in [-0.05, 0) is 34.1 Å². The lowest BCUT2D eigenvalue weighted by Gasteiger charge is -2.15. The van der Waals surface area contributed by atoms with Crippen LogP contribution in [0.25, 0.3) is 0 Å². The van der Waals surface area contributed by atoms with Crippen LogP contribution in [0.3, 0.4) is 0 Å². The van der Waals surface area contributed by atoms with Crippen molar-refractivity contribution in [1.82, 2.24) is 10.6 Å². The van der Waals surface area contributed by atoms with Crippen molar-refractivity contribution >= 4 is 33.2 Å². The molecule has 140 valence electrons. The number of guanidine groups is 1. The maximum atomic E-state index is 12.7. The summed E-state index contributed by atoms with van der Waals surface area (Å²) in [7, 11) is 1.63. The Labute approximate surface area is 161 Å². The van der Waals surface area contributed by atoms with E-state index in [0.29, 0.717) is 29.6 Å². The molecule has 0 bridgehead atoms. The van der Waals surface area contributed by atoms with Gasteiger partial charge in [0.05, 0.1) is 10.3 Å². The molecule has 2 N–H and O–H groups in total. The zero-order chi connectivity index (χ0) is 18.5. The summed E-state index contributed by atoms with van der Waals surface area (Å²) in [5.41, 5.74) is 0.511. The summed E-state index contributed by atoms with van der Waals surface area (Å²) < 4.78 is 41.5. The number of nitrogens with zero attached hydrogens (tertiary/aromatic N) is 1. The van der Waals surface area contributed by atoms with E-state index in [-0.39, 0.29) is 19.1 Å². The van der Waals surface area contributed by atoms with E-state index in [1.807, 2.05) is 12.1 Å². The zero-order valence-electron chi connectivity index (χ0n) is 13.7. The van der Waals surface area contributed by atoms with E-state index in [0.717, 1.165) is 8.66 Å². The van der Waals surface area contributed by atoms with Crippen LogP contribution in [0.1, 0.15) is 10.4 Å². The second kappa shape index (κ2) is 8.54. The molecule has 0 amide bonds. The number of benzene rings is 1. The van der Waals surface area contributed by atoms with Gasteiger partial charge in [-0.25, -0.2) is 0 Å². The molecular formula is C16H16BrF2N3O3S. The molecule has 0 aliphatic carbocycles. The molecule has 1 aromatic carbocycles. The number of nitrogens with one attached hydrogen (secondary N) is 2. The molecular weight excluding hydrogens is 432 g/mol. The fourth-order valence-electron chi connectivity index (χ4n) is 2.33. The Hall–Kier alpha value is -2.07. The minimum atomic E-state index is -2.93. The Morgan fingerprint density at radius 2 is 2.00 bits per heavy atom. The normalized spacial score (nSPS) is 13.2. The van der Waals surface area contributed by atoms with Crippen molar-refractivity contribution in [3.8, 4) is 17.2 Å². The Balaban J connectivity index is 1.65. The quantitative estimate of drug-likeness (QED) is 0.521. The van der Waals surface area contributed by atoms with E-state index >= 15 is 0 Å². The van der Waals surface area contributed by atoms with Gasteiger partial charge in [0.1, 0.15) is 5.75 Å². The molecule has 0 saturated heterocycles. The highest BCUT2D eigenvalue weighted by molar-refractivity contribution is 9.11. The van der Waals surface area contributed by atoms with E-state index in [1.165, 1.54) is 6.07 Å². The molecule has 0 atom stereocenters. The summed E-state index contributed by atoms with van der Waals surface area (Å²) in [4.78, 5) is 5.26. The largest absolute Gasteiger partial charge is 0.454 e. The summed E-state index contributed by atoms with van der Waals surface area (Å²) in [6.45, 7) is -2.05. The third-order valence-corrected chi connectivity index (χ3v) is 5.12. The third kappa shape index (κ3) is 4.76. The van der Waals surface area contributed by atoms with Gasteiger partial charge in [0.25, 0.3) is 0 Å². The van der Waals surface area contributed by atoms with Gasteiger partial charge < -0.3 is 24.8 Å². The van der Waals surface area contributed by atoms with Crippen LogP contribution in [0.2, 0.25) is 0 Å². The highest BCUT2D eigenvalue weighted by Crippen LogP contribution is 2.38. The fourth-order valence-corrected chi connectivity index (χ4v) is 3.75. The fraction of sp³-hybridized carbons (Fsp3) is 0.312. The maximum absolute atomic E-state index is 12.7. The molecule has 6 nitrogen and oxygen atoms in total. The number of aliphatic imine (C=N–C) groups is 1. The van der Waals surface area contributed by atoms with Gasteiger partial charge in [0, 0.05) is 30.1 Å². The number of halogens is 3. The lowest BCUT2D eigenvalue weighted by atomic mass is 10.1. The number of rotatable bonds is 6. The predicted octanol–water partition coefficient (Wildman–Crippen LogP) is 3.71. The van der Waals surface area contributed by atoms with Crippen molar-refractivity contribution in [2.24, 2.45) is 4.99 Å². The Morgan fingerprint density at radius 1 is 1.27 bits per heavy atom. The van der Waals surface area contributed by atoms with Crippen molar-refractivity contribution in [2.75, 3.05) is 13.8 Å². The topological polar surface area (TPSA) is 64.1 Å². The number of hydrogen-bond donors (Lipinski definition) is 2. The summed E-state index contributed by atoms with van der Waals surface area (Å²) in [5.74, 6) is 1.45. The van der Waals surface area contributed by atoms with Gasteiger partial charge in [0.2, 0.25) is 6.79 Å². The molecule has 2 aromatic rings. The van der Waals surface area contributed by atoms with Crippen LogP contribution in [-0.4, -0.2) is 26.4 Å². The van der Waals surface area contributed by atoms with Crippen molar-refractivity contribution in [3.05, 3.63) is 38.5 Å². The van der Waals surface area contributed by atoms with E-state index < -0.39 is 6.61 Å². The molecule has 2 heterocycles. The van der Waals surface area contributed by atoms with Gasteiger partial charge in [-0.2, -0.15) is 8.78 Å². The van der Waals surface area contributed by atoms with Gasteiger partial charge in [0.15, 0.2) is 17.5 Å². The minimum Gasteiger partial charge on any atom is -0.454 e. The third-order valence-electron chi connectivity index (χ3n) is 3.50. The highest BCUT2D eigenvalue weighted by atomic mass is 79.9. The monoisotopic (exact) mass is 447 g/mol. The lowest BCUT2D eigenvalue weighted by Crippen LogP contribution is -2.36. The summed E-state index contributed by atoms with van der Waals surface area (Å²) in [6.07, 6.45) is 0. The number of thiophene rings is 1. The number of fused-ring (bicyclic) bond motifs is 1. The van der Waals surface area contributed by atoms with Crippen molar-refractivity contribution < 1.29 is 23.0 Å². The summed E-state index contributed by atoms with van der Waals surface area (Å²) in [6, 6.07) is 7.00. The van der Waals surface area contributed by atoms with Crippen LogP contribution in [-0.2, 0) is 13.1 Å². The standard InChI is InChI=1S/C16H16BrF2N3O3S/c1-20-16(22-7-10-2-3-14(17)26-10)21-6-9-4-12-13(24-8-23-12)5-11(9)25-15(18)19/h2-5,15H,6-8H2,1H3,(H2,20,21,22). The second-order valence-corrected chi connectivity index (χ2v) is 7.72. The molecule has 1 aromatic heterocycles. The first kappa shape index (κ1) is 18.7. The molecule has 0 radical (unpaired) electrons. The molecule has 1 aliphatic rings. The summed E-state index contributed by atoms with van der Waals surface area (Å²) >= 11 is 5.03. The highest BCUT2D eigenvalue weighted by Gasteiger charge is 2.20. The van der Waals surface area contributed by atoms with Crippen molar-refractivity contribution in [1.29, 1.82) is 0 Å². The molecule has 0 fully saturated rings. The van der Waals surface area contributed by atoms with E-state index in [4.69, 9.17) is 9.47 Å². The summed E-state index contributed by atoms with van der Waals surface area (Å²) in [5, 5.41) is 6.24. The Bertz CT molecular complexity index is 801. The van der Waals surface area contributed by atoms with Crippen molar-refractivity contribution in [3.63, 3.8) is 0 Å². The second-order valence-electron chi connectivity index (χ2n) is 5.18. The molecule has 10 heteroatoms. The van der Waals surface area contributed by atoms with Crippen LogP contribution >= 0.6 is 27.3 Å². The van der Waals surface area contributed by atoms with E-state index in [9.17, 15) is 8.78 Å². The van der Waals surface area contributed by atoms with Gasteiger partial charge in [-0.3, -0.25) is 4.99 Å². The lowest BCUT2D eigenvalue weighted by molar-refractivity contribution is -0.0505.